The van der Waals surface area contributed by atoms with E-state index >= 15 is 0 Å². The summed E-state index contributed by atoms with van der Waals surface area (Å²) in [7, 11) is 2.23. The molecule has 2 heteroatoms. The molecule has 19 heavy (non-hydrogen) atoms. The molecule has 0 aromatic heterocycles. The maximum Gasteiger partial charge on any atom is 0.00190 e. The Bertz CT molecular complexity index is 203. The van der Waals surface area contributed by atoms with Crippen molar-refractivity contribution in [2.45, 2.75) is 59.3 Å². The average Bonchev–Trinajstić information content (AvgIpc) is 2.44. The maximum atomic E-state index is 2.60. The van der Waals surface area contributed by atoms with Gasteiger partial charge in [-0.2, -0.15) is 0 Å². The highest BCUT2D eigenvalue weighted by Gasteiger charge is 2.22. The number of unbranched alkanes of at least 4 members (excludes halogenated alkanes) is 1. The molecule has 0 aromatic carbocycles. The summed E-state index contributed by atoms with van der Waals surface area (Å²) in [6.07, 6.45) is 8.86. The minimum Gasteiger partial charge on any atom is -0.306 e. The molecule has 2 heterocycles. The van der Waals surface area contributed by atoms with Gasteiger partial charge in [0.2, 0.25) is 0 Å². The van der Waals surface area contributed by atoms with Crippen LogP contribution in [0.5, 0.6) is 0 Å². The molecule has 0 saturated carbocycles. The molecule has 2 nitrogen and oxygen atoms in total. The molecule has 0 amide bonds. The van der Waals surface area contributed by atoms with Crippen LogP contribution in [0.3, 0.4) is 0 Å². The van der Waals surface area contributed by atoms with Crippen LogP contribution >= 0.6 is 0 Å². The molecule has 2 aliphatic rings. The molecule has 2 aliphatic heterocycles. The van der Waals surface area contributed by atoms with Crippen molar-refractivity contribution in [3.05, 3.63) is 0 Å². The highest BCUT2D eigenvalue weighted by atomic mass is 15.2. The first kappa shape index (κ1) is 17.0. The zero-order valence-electron chi connectivity index (χ0n) is 13.8. The minimum atomic E-state index is 1.03. The molecular weight excluding hydrogens is 232 g/mol. The molecule has 0 unspecified atom stereocenters. The van der Waals surface area contributed by atoms with Gasteiger partial charge in [0.05, 0.1) is 0 Å². The van der Waals surface area contributed by atoms with E-state index in [9.17, 15) is 0 Å². The lowest BCUT2D eigenvalue weighted by Gasteiger charge is -2.36. The molecular formula is C17H36N2. The Morgan fingerprint density at radius 2 is 1.42 bits per heavy atom. The van der Waals surface area contributed by atoms with Gasteiger partial charge in [-0.25, -0.2) is 0 Å². The van der Waals surface area contributed by atoms with Crippen molar-refractivity contribution in [1.82, 2.24) is 9.80 Å². The number of hydrogen-bond acceptors (Lipinski definition) is 2. The van der Waals surface area contributed by atoms with Gasteiger partial charge in [-0.1, -0.05) is 40.0 Å². The Balaban J connectivity index is 0.000000861. The van der Waals surface area contributed by atoms with Crippen LogP contribution in [0.25, 0.3) is 0 Å². The second-order valence-electron chi connectivity index (χ2n) is 6.25. The fourth-order valence-electron chi connectivity index (χ4n) is 3.47. The first-order valence-corrected chi connectivity index (χ1v) is 8.68. The molecule has 0 aliphatic carbocycles. The van der Waals surface area contributed by atoms with E-state index < -0.39 is 0 Å². The fourth-order valence-corrected chi connectivity index (χ4v) is 3.47. The Morgan fingerprint density at radius 3 is 1.89 bits per heavy atom. The van der Waals surface area contributed by atoms with E-state index in [1.54, 1.807) is 0 Å². The average molecular weight is 268 g/mol. The summed E-state index contributed by atoms with van der Waals surface area (Å²) in [6, 6.07) is 0. The van der Waals surface area contributed by atoms with E-state index in [1.807, 2.05) is 13.8 Å². The zero-order valence-corrected chi connectivity index (χ0v) is 13.8. The second kappa shape index (κ2) is 9.77. The Labute approximate surface area is 121 Å². The molecule has 2 saturated heterocycles. The van der Waals surface area contributed by atoms with Crippen molar-refractivity contribution in [2.75, 3.05) is 39.8 Å². The summed E-state index contributed by atoms with van der Waals surface area (Å²) in [5, 5.41) is 0. The van der Waals surface area contributed by atoms with Crippen LogP contribution < -0.4 is 0 Å². The molecule has 0 bridgehead atoms. The van der Waals surface area contributed by atoms with Crippen LogP contribution in [0.2, 0.25) is 0 Å². The van der Waals surface area contributed by atoms with Crippen LogP contribution in [0.15, 0.2) is 0 Å². The lowest BCUT2D eigenvalue weighted by atomic mass is 9.89. The van der Waals surface area contributed by atoms with Gasteiger partial charge in [0, 0.05) is 13.1 Å². The van der Waals surface area contributed by atoms with Crippen molar-refractivity contribution < 1.29 is 0 Å². The number of likely N-dealkylation sites (tertiary alicyclic amines) is 2. The monoisotopic (exact) mass is 268 g/mol. The first-order valence-electron chi connectivity index (χ1n) is 8.68. The zero-order chi connectivity index (χ0) is 14.1. The standard InChI is InChI=1S/C15H30N2.C2H6/c1-3-17-10-8-14(9-11-17)6-4-5-7-15-12-16(2)13-15;1-2/h14-15H,3-13H2,1-2H3;1-2H3. The summed E-state index contributed by atoms with van der Waals surface area (Å²) in [4.78, 5) is 5.03. The Morgan fingerprint density at radius 1 is 0.895 bits per heavy atom. The van der Waals surface area contributed by atoms with Gasteiger partial charge in [0.1, 0.15) is 0 Å². The number of nitrogens with zero attached hydrogens (tertiary/aromatic N) is 2. The number of rotatable bonds is 6. The summed E-state index contributed by atoms with van der Waals surface area (Å²) in [5.41, 5.74) is 0. The van der Waals surface area contributed by atoms with Gasteiger partial charge in [-0.3, -0.25) is 0 Å². The van der Waals surface area contributed by atoms with Crippen molar-refractivity contribution in [2.24, 2.45) is 11.8 Å². The Kier molecular flexibility index (Phi) is 8.72. The van der Waals surface area contributed by atoms with Gasteiger partial charge in [0.15, 0.2) is 0 Å². The maximum absolute atomic E-state index is 2.60. The van der Waals surface area contributed by atoms with Crippen molar-refractivity contribution in [3.8, 4) is 0 Å². The van der Waals surface area contributed by atoms with E-state index in [-0.39, 0.29) is 0 Å². The predicted octanol–water partition coefficient (Wildman–Crippen LogP) is 3.87. The second-order valence-corrected chi connectivity index (χ2v) is 6.25. The van der Waals surface area contributed by atoms with Crippen LogP contribution in [0, 0.1) is 11.8 Å². The predicted molar refractivity (Wildman–Crippen MR) is 85.6 cm³/mol. The normalized spacial score (nSPS) is 22.7. The molecule has 0 atom stereocenters. The van der Waals surface area contributed by atoms with Crippen molar-refractivity contribution in [3.63, 3.8) is 0 Å². The summed E-state index contributed by atoms with van der Waals surface area (Å²) in [5.74, 6) is 2.07. The van der Waals surface area contributed by atoms with Crippen LogP contribution in [0.4, 0.5) is 0 Å². The Hall–Kier alpha value is -0.0800. The van der Waals surface area contributed by atoms with Gasteiger partial charge in [-0.05, 0) is 57.8 Å². The fraction of sp³-hybridized carbons (Fsp3) is 1.00. The van der Waals surface area contributed by atoms with Gasteiger partial charge < -0.3 is 9.80 Å². The molecule has 2 rings (SSSR count). The van der Waals surface area contributed by atoms with E-state index in [1.165, 1.54) is 71.2 Å². The first-order chi connectivity index (χ1) is 9.28. The molecule has 2 fully saturated rings. The van der Waals surface area contributed by atoms with Crippen LogP contribution in [-0.2, 0) is 0 Å². The highest BCUT2D eigenvalue weighted by Crippen LogP contribution is 2.25. The number of hydrogen-bond donors (Lipinski definition) is 0. The number of piperidine rings is 1. The van der Waals surface area contributed by atoms with E-state index in [0.717, 1.165) is 11.8 Å². The molecule has 114 valence electrons. The van der Waals surface area contributed by atoms with Gasteiger partial charge in [0.25, 0.3) is 0 Å². The molecule has 0 radical (unpaired) electrons. The third-order valence-electron chi connectivity index (χ3n) is 4.77. The summed E-state index contributed by atoms with van der Waals surface area (Å²) < 4.78 is 0. The third kappa shape index (κ3) is 6.27. The highest BCUT2D eigenvalue weighted by molar-refractivity contribution is 4.77. The van der Waals surface area contributed by atoms with Crippen molar-refractivity contribution >= 4 is 0 Å². The molecule has 0 spiro atoms. The van der Waals surface area contributed by atoms with Gasteiger partial charge in [-0.15, -0.1) is 0 Å². The largest absolute Gasteiger partial charge is 0.306 e. The lowest BCUT2D eigenvalue weighted by Crippen LogP contribution is -2.43. The van der Waals surface area contributed by atoms with Crippen LogP contribution in [-0.4, -0.2) is 49.6 Å². The topological polar surface area (TPSA) is 6.48 Å². The lowest BCUT2D eigenvalue weighted by molar-refractivity contribution is 0.123. The van der Waals surface area contributed by atoms with E-state index in [0.29, 0.717) is 0 Å². The van der Waals surface area contributed by atoms with E-state index in [2.05, 4.69) is 23.8 Å². The molecule has 0 aromatic rings. The third-order valence-corrected chi connectivity index (χ3v) is 4.77. The van der Waals surface area contributed by atoms with E-state index in [4.69, 9.17) is 0 Å². The SMILES string of the molecule is CC.CCN1CCC(CCCCC2CN(C)C2)CC1. The minimum absolute atomic E-state index is 1.03. The quantitative estimate of drug-likeness (QED) is 0.675. The summed E-state index contributed by atoms with van der Waals surface area (Å²) in [6.45, 7) is 13.0. The molecule has 0 N–H and O–H groups in total. The van der Waals surface area contributed by atoms with Gasteiger partial charge >= 0.3 is 0 Å². The summed E-state index contributed by atoms with van der Waals surface area (Å²) >= 11 is 0. The van der Waals surface area contributed by atoms with Crippen LogP contribution in [0.1, 0.15) is 59.3 Å². The smallest absolute Gasteiger partial charge is 0.00190 e. The van der Waals surface area contributed by atoms with Crippen molar-refractivity contribution in [1.29, 1.82) is 0 Å².